The molecule has 4 nitrogen and oxygen atoms in total. The van der Waals surface area contributed by atoms with Gasteiger partial charge in [0.2, 0.25) is 5.91 Å². The van der Waals surface area contributed by atoms with Gasteiger partial charge < -0.3 is 10.6 Å². The Morgan fingerprint density at radius 3 is 2.31 bits per heavy atom. The van der Waals surface area contributed by atoms with Gasteiger partial charge in [0.25, 0.3) is 5.91 Å². The van der Waals surface area contributed by atoms with Crippen LogP contribution in [0.15, 0.2) is 77.7 Å². The Balaban J connectivity index is 1.57. The van der Waals surface area contributed by atoms with Crippen molar-refractivity contribution in [2.75, 3.05) is 10.6 Å². The van der Waals surface area contributed by atoms with Gasteiger partial charge in [-0.15, -0.1) is 11.8 Å². The monoisotopic (exact) mass is 424 g/mol. The molecule has 0 fully saturated rings. The van der Waals surface area contributed by atoms with E-state index in [0.717, 1.165) is 16.1 Å². The van der Waals surface area contributed by atoms with Gasteiger partial charge in [0.15, 0.2) is 0 Å². The van der Waals surface area contributed by atoms with Gasteiger partial charge in [-0.05, 0) is 74.0 Å². The molecule has 2 N–H and O–H groups in total. The van der Waals surface area contributed by atoms with Crippen LogP contribution in [0.2, 0.25) is 5.02 Å². The van der Waals surface area contributed by atoms with E-state index in [1.165, 1.54) is 11.8 Å². The predicted molar refractivity (Wildman–Crippen MR) is 121 cm³/mol. The first-order valence-corrected chi connectivity index (χ1v) is 10.4. The molecule has 3 aromatic rings. The molecule has 0 bridgehead atoms. The van der Waals surface area contributed by atoms with Crippen LogP contribution in [-0.2, 0) is 4.79 Å². The van der Waals surface area contributed by atoms with E-state index < -0.39 is 0 Å². The number of carbonyl (C=O) groups excluding carboxylic acids is 2. The Bertz CT molecular complexity index is 1020. The molecule has 3 rings (SSSR count). The maximum absolute atomic E-state index is 12.4. The van der Waals surface area contributed by atoms with Crippen LogP contribution in [-0.4, -0.2) is 17.1 Å². The Morgan fingerprint density at radius 2 is 1.62 bits per heavy atom. The molecule has 1 atom stereocenters. The number of thioether (sulfide) groups is 1. The van der Waals surface area contributed by atoms with Crippen molar-refractivity contribution in [2.24, 2.45) is 0 Å². The highest BCUT2D eigenvalue weighted by molar-refractivity contribution is 8.00. The summed E-state index contributed by atoms with van der Waals surface area (Å²) in [5.74, 6) is -0.280. The molecule has 0 spiro atoms. The molecule has 148 valence electrons. The second-order valence-electron chi connectivity index (χ2n) is 6.61. The molecule has 1 unspecified atom stereocenters. The zero-order valence-electron chi connectivity index (χ0n) is 16.1. The third-order valence-corrected chi connectivity index (χ3v) is 5.51. The van der Waals surface area contributed by atoms with E-state index in [4.69, 9.17) is 11.6 Å². The smallest absolute Gasteiger partial charge is 0.255 e. The first-order chi connectivity index (χ1) is 13.9. The van der Waals surface area contributed by atoms with E-state index in [0.29, 0.717) is 16.3 Å². The number of anilines is 2. The van der Waals surface area contributed by atoms with Crippen molar-refractivity contribution in [3.63, 3.8) is 0 Å². The van der Waals surface area contributed by atoms with Crippen LogP contribution in [0, 0.1) is 6.92 Å². The lowest BCUT2D eigenvalue weighted by atomic mass is 10.2. The lowest BCUT2D eigenvalue weighted by molar-refractivity contribution is -0.115. The maximum atomic E-state index is 12.4. The van der Waals surface area contributed by atoms with Gasteiger partial charge in [0.1, 0.15) is 0 Å². The third kappa shape index (κ3) is 6.11. The minimum Gasteiger partial charge on any atom is -0.325 e. The molecule has 0 heterocycles. The van der Waals surface area contributed by atoms with E-state index in [1.807, 2.05) is 62.4 Å². The third-order valence-electron chi connectivity index (χ3n) is 4.17. The molecule has 3 aromatic carbocycles. The van der Waals surface area contributed by atoms with E-state index >= 15 is 0 Å². The molecule has 2 amide bonds. The van der Waals surface area contributed by atoms with Gasteiger partial charge in [-0.25, -0.2) is 0 Å². The molecule has 0 aliphatic carbocycles. The fourth-order valence-electron chi connectivity index (χ4n) is 2.67. The number of hydrogen-bond donors (Lipinski definition) is 2. The standard InChI is InChI=1S/C23H21ClN2O2S/c1-15-5-3-8-20(13-15)26-22(27)16(2)29-21-11-9-19(10-12-21)25-23(28)17-6-4-7-18(24)14-17/h3-14,16H,1-2H3,(H,25,28)(H,26,27). The van der Waals surface area contributed by atoms with Gasteiger partial charge in [-0.1, -0.05) is 29.8 Å². The zero-order valence-corrected chi connectivity index (χ0v) is 17.7. The minimum absolute atomic E-state index is 0.0565. The summed E-state index contributed by atoms with van der Waals surface area (Å²) in [6.07, 6.45) is 0. The Kier molecular flexibility index (Phi) is 6.96. The van der Waals surface area contributed by atoms with Gasteiger partial charge in [0, 0.05) is 26.9 Å². The van der Waals surface area contributed by atoms with Gasteiger partial charge in [0.05, 0.1) is 5.25 Å². The zero-order chi connectivity index (χ0) is 20.8. The first-order valence-electron chi connectivity index (χ1n) is 9.12. The van der Waals surface area contributed by atoms with Crippen LogP contribution in [0.25, 0.3) is 0 Å². The summed E-state index contributed by atoms with van der Waals surface area (Å²) in [6, 6.07) is 21.9. The molecular weight excluding hydrogens is 404 g/mol. The second kappa shape index (κ2) is 9.63. The van der Waals surface area contributed by atoms with Crippen molar-refractivity contribution in [2.45, 2.75) is 24.0 Å². The van der Waals surface area contributed by atoms with Crippen LogP contribution in [0.1, 0.15) is 22.8 Å². The molecule has 0 radical (unpaired) electrons. The van der Waals surface area contributed by atoms with E-state index in [9.17, 15) is 9.59 Å². The van der Waals surface area contributed by atoms with Crippen LogP contribution in [0.3, 0.4) is 0 Å². The fourth-order valence-corrected chi connectivity index (χ4v) is 3.73. The SMILES string of the molecule is Cc1cccc(NC(=O)C(C)Sc2ccc(NC(=O)c3cccc(Cl)c3)cc2)c1. The summed E-state index contributed by atoms with van der Waals surface area (Å²) in [6.45, 7) is 3.85. The number of benzene rings is 3. The Hall–Kier alpha value is -2.76. The Labute approximate surface area is 179 Å². The highest BCUT2D eigenvalue weighted by Gasteiger charge is 2.15. The topological polar surface area (TPSA) is 58.2 Å². The fraction of sp³-hybridized carbons (Fsp3) is 0.130. The number of nitrogens with one attached hydrogen (secondary N) is 2. The van der Waals surface area contributed by atoms with E-state index in [-0.39, 0.29) is 17.1 Å². The van der Waals surface area contributed by atoms with Crippen molar-refractivity contribution < 1.29 is 9.59 Å². The number of hydrogen-bond acceptors (Lipinski definition) is 3. The van der Waals surface area contributed by atoms with Crippen molar-refractivity contribution in [1.29, 1.82) is 0 Å². The molecule has 29 heavy (non-hydrogen) atoms. The van der Waals surface area contributed by atoms with Crippen molar-refractivity contribution in [3.8, 4) is 0 Å². The van der Waals surface area contributed by atoms with Crippen molar-refractivity contribution >= 4 is 46.6 Å². The molecule has 0 aliphatic rings. The lowest BCUT2D eigenvalue weighted by Gasteiger charge is -2.13. The normalized spacial score (nSPS) is 11.6. The summed E-state index contributed by atoms with van der Waals surface area (Å²) in [5, 5.41) is 6.03. The van der Waals surface area contributed by atoms with E-state index in [2.05, 4.69) is 10.6 Å². The highest BCUT2D eigenvalue weighted by atomic mass is 35.5. The van der Waals surface area contributed by atoms with Crippen LogP contribution < -0.4 is 10.6 Å². The Morgan fingerprint density at radius 1 is 0.897 bits per heavy atom. The number of rotatable bonds is 6. The largest absolute Gasteiger partial charge is 0.325 e. The number of amides is 2. The van der Waals surface area contributed by atoms with Crippen molar-refractivity contribution in [3.05, 3.63) is 88.9 Å². The molecule has 0 aliphatic heterocycles. The van der Waals surface area contributed by atoms with Crippen molar-refractivity contribution in [1.82, 2.24) is 0 Å². The van der Waals surface area contributed by atoms with Gasteiger partial charge in [-0.3, -0.25) is 9.59 Å². The number of aryl methyl sites for hydroxylation is 1. The van der Waals surface area contributed by atoms with Crippen LogP contribution >= 0.6 is 23.4 Å². The first kappa shape index (κ1) is 21.0. The summed E-state index contributed by atoms with van der Waals surface area (Å²) < 4.78 is 0. The molecular formula is C23H21ClN2O2S. The maximum Gasteiger partial charge on any atom is 0.255 e. The predicted octanol–water partition coefficient (Wildman–Crippen LogP) is 6.02. The quantitative estimate of drug-likeness (QED) is 0.475. The second-order valence-corrected chi connectivity index (χ2v) is 8.46. The lowest BCUT2D eigenvalue weighted by Crippen LogP contribution is -2.22. The highest BCUT2D eigenvalue weighted by Crippen LogP contribution is 2.26. The van der Waals surface area contributed by atoms with E-state index in [1.54, 1.807) is 24.3 Å². The van der Waals surface area contributed by atoms with Crippen LogP contribution in [0.5, 0.6) is 0 Å². The molecule has 0 aromatic heterocycles. The van der Waals surface area contributed by atoms with Crippen LogP contribution in [0.4, 0.5) is 11.4 Å². The molecule has 0 saturated heterocycles. The summed E-state index contributed by atoms with van der Waals surface area (Å²) in [4.78, 5) is 25.7. The van der Waals surface area contributed by atoms with Gasteiger partial charge >= 0.3 is 0 Å². The summed E-state index contributed by atoms with van der Waals surface area (Å²) >= 11 is 7.39. The van der Waals surface area contributed by atoms with Gasteiger partial charge in [-0.2, -0.15) is 0 Å². The summed E-state index contributed by atoms with van der Waals surface area (Å²) in [7, 11) is 0. The number of halogens is 1. The average Bonchev–Trinajstić information content (AvgIpc) is 2.69. The summed E-state index contributed by atoms with van der Waals surface area (Å²) in [5.41, 5.74) is 3.06. The number of carbonyl (C=O) groups is 2. The molecule has 0 saturated carbocycles. The minimum atomic E-state index is -0.262. The molecule has 6 heteroatoms. The average molecular weight is 425 g/mol.